The maximum absolute atomic E-state index is 5.47. The van der Waals surface area contributed by atoms with Crippen LogP contribution in [0.1, 0.15) is 19.3 Å². The maximum atomic E-state index is 5.47. The van der Waals surface area contributed by atoms with Gasteiger partial charge in [0.25, 0.3) is 0 Å². The summed E-state index contributed by atoms with van der Waals surface area (Å²) < 4.78 is 0. The number of nitrogens with one attached hydrogen (secondary N) is 1. The van der Waals surface area contributed by atoms with Gasteiger partial charge in [-0.2, -0.15) is 11.8 Å². The first-order valence-corrected chi connectivity index (χ1v) is 6.45. The van der Waals surface area contributed by atoms with Gasteiger partial charge >= 0.3 is 0 Å². The Labute approximate surface area is 94.0 Å². The fourth-order valence-electron chi connectivity index (χ4n) is 1.91. The van der Waals surface area contributed by atoms with Crippen molar-refractivity contribution in [3.8, 4) is 0 Å². The first-order chi connectivity index (χ1) is 7.28. The molecule has 0 amide bonds. The van der Waals surface area contributed by atoms with Gasteiger partial charge < -0.3 is 11.1 Å². The predicted octanol–water partition coefficient (Wildman–Crippen LogP) is 1.75. The van der Waals surface area contributed by atoms with Crippen LogP contribution < -0.4 is 11.1 Å². The summed E-state index contributed by atoms with van der Waals surface area (Å²) in [6.07, 6.45) is 5.90. The van der Waals surface area contributed by atoms with E-state index in [1.54, 1.807) is 6.07 Å². The number of hydrogen-bond acceptors (Lipinski definition) is 5. The van der Waals surface area contributed by atoms with Crippen molar-refractivity contribution in [1.82, 2.24) is 10.2 Å². The number of hydrogen-bond donors (Lipinski definition) is 2. The average molecular weight is 224 g/mol. The van der Waals surface area contributed by atoms with Crippen molar-refractivity contribution in [2.45, 2.75) is 30.6 Å². The van der Waals surface area contributed by atoms with Gasteiger partial charge in [-0.1, -0.05) is 0 Å². The third kappa shape index (κ3) is 2.75. The van der Waals surface area contributed by atoms with Crippen molar-refractivity contribution in [3.63, 3.8) is 0 Å². The molecule has 0 aliphatic heterocycles. The van der Waals surface area contributed by atoms with E-state index in [2.05, 4.69) is 21.8 Å². The Morgan fingerprint density at radius 3 is 2.87 bits per heavy atom. The molecule has 1 aromatic heterocycles. The van der Waals surface area contributed by atoms with Gasteiger partial charge in [0.2, 0.25) is 0 Å². The minimum absolute atomic E-state index is 0.467. The second-order valence-electron chi connectivity index (χ2n) is 3.86. The van der Waals surface area contributed by atoms with Crippen LogP contribution in [0.4, 0.5) is 11.6 Å². The van der Waals surface area contributed by atoms with Crippen LogP contribution >= 0.6 is 11.8 Å². The van der Waals surface area contributed by atoms with Gasteiger partial charge in [-0.15, -0.1) is 10.2 Å². The molecular weight excluding hydrogens is 208 g/mol. The summed E-state index contributed by atoms with van der Waals surface area (Å²) >= 11 is 1.95. The second-order valence-corrected chi connectivity index (χ2v) is 4.99. The van der Waals surface area contributed by atoms with Gasteiger partial charge in [-0.3, -0.25) is 0 Å². The largest absolute Gasteiger partial charge is 0.382 e. The van der Waals surface area contributed by atoms with Gasteiger partial charge in [0.05, 0.1) is 0 Å². The third-order valence-electron chi connectivity index (χ3n) is 2.76. The van der Waals surface area contributed by atoms with Crippen molar-refractivity contribution in [2.24, 2.45) is 0 Å². The Balaban J connectivity index is 1.90. The lowest BCUT2D eigenvalue weighted by atomic mass is 10.2. The molecule has 0 aromatic carbocycles. The van der Waals surface area contributed by atoms with E-state index in [9.17, 15) is 0 Å². The van der Waals surface area contributed by atoms with Crippen LogP contribution in [0.15, 0.2) is 12.1 Å². The molecule has 5 heteroatoms. The van der Waals surface area contributed by atoms with E-state index < -0.39 is 0 Å². The molecule has 0 saturated heterocycles. The summed E-state index contributed by atoms with van der Waals surface area (Å²) in [6, 6.07) is 4.20. The highest BCUT2D eigenvalue weighted by Crippen LogP contribution is 2.29. The fraction of sp³-hybridized carbons (Fsp3) is 0.600. The molecule has 1 aliphatic carbocycles. The van der Waals surface area contributed by atoms with Gasteiger partial charge in [-0.25, -0.2) is 0 Å². The molecule has 0 spiro atoms. The number of nitrogen functional groups attached to an aromatic ring is 1. The summed E-state index contributed by atoms with van der Waals surface area (Å²) in [5.74, 6) is 1.30. The zero-order valence-electron chi connectivity index (χ0n) is 8.81. The monoisotopic (exact) mass is 224 g/mol. The quantitative estimate of drug-likeness (QED) is 0.819. The SMILES string of the molecule is CSC1CCC(Nc2ccc(N)nn2)C1. The van der Waals surface area contributed by atoms with Crippen molar-refractivity contribution in [2.75, 3.05) is 17.3 Å². The molecule has 1 saturated carbocycles. The molecule has 1 heterocycles. The summed E-state index contributed by atoms with van der Waals surface area (Å²) in [4.78, 5) is 0. The van der Waals surface area contributed by atoms with Gasteiger partial charge in [0.15, 0.2) is 0 Å². The number of rotatable bonds is 3. The fourth-order valence-corrected chi connectivity index (χ4v) is 2.71. The number of anilines is 2. The highest BCUT2D eigenvalue weighted by Gasteiger charge is 2.23. The number of nitrogens with two attached hydrogens (primary N) is 1. The van der Waals surface area contributed by atoms with Crippen molar-refractivity contribution in [1.29, 1.82) is 0 Å². The lowest BCUT2D eigenvalue weighted by Gasteiger charge is -2.12. The molecule has 4 nitrogen and oxygen atoms in total. The molecular formula is C10H16N4S. The predicted molar refractivity (Wildman–Crippen MR) is 65.0 cm³/mol. The molecule has 0 radical (unpaired) electrons. The molecule has 0 bridgehead atoms. The molecule has 1 fully saturated rings. The average Bonchev–Trinajstić information content (AvgIpc) is 2.69. The zero-order chi connectivity index (χ0) is 10.7. The highest BCUT2D eigenvalue weighted by atomic mass is 32.2. The standard InChI is InChI=1S/C10H16N4S/c1-15-8-3-2-7(6-8)12-10-5-4-9(11)13-14-10/h4-5,7-8H,2-3,6H2,1H3,(H2,11,13)(H,12,14). The number of aromatic nitrogens is 2. The Morgan fingerprint density at radius 1 is 1.40 bits per heavy atom. The second kappa shape index (κ2) is 4.70. The molecule has 15 heavy (non-hydrogen) atoms. The van der Waals surface area contributed by atoms with Crippen LogP contribution in [0.5, 0.6) is 0 Å². The van der Waals surface area contributed by atoms with Crippen LogP contribution in [0.25, 0.3) is 0 Å². The van der Waals surface area contributed by atoms with Gasteiger partial charge in [0, 0.05) is 11.3 Å². The van der Waals surface area contributed by atoms with Crippen LogP contribution in [0, 0.1) is 0 Å². The van der Waals surface area contributed by atoms with E-state index in [-0.39, 0.29) is 0 Å². The summed E-state index contributed by atoms with van der Waals surface area (Å²) in [6.45, 7) is 0. The normalized spacial score (nSPS) is 25.4. The summed E-state index contributed by atoms with van der Waals surface area (Å²) in [7, 11) is 0. The first-order valence-electron chi connectivity index (χ1n) is 5.16. The van der Waals surface area contributed by atoms with E-state index >= 15 is 0 Å². The molecule has 2 atom stereocenters. The van der Waals surface area contributed by atoms with E-state index in [0.29, 0.717) is 11.9 Å². The highest BCUT2D eigenvalue weighted by molar-refractivity contribution is 7.99. The lowest BCUT2D eigenvalue weighted by Crippen LogP contribution is -2.17. The van der Waals surface area contributed by atoms with E-state index in [4.69, 9.17) is 5.73 Å². The number of thioether (sulfide) groups is 1. The van der Waals surface area contributed by atoms with E-state index in [1.165, 1.54) is 19.3 Å². The third-order valence-corrected chi connectivity index (χ3v) is 3.85. The van der Waals surface area contributed by atoms with E-state index in [0.717, 1.165) is 11.1 Å². The Kier molecular flexibility index (Phi) is 3.30. The Hall–Kier alpha value is -0.970. The van der Waals surface area contributed by atoms with Crippen LogP contribution in [0.3, 0.4) is 0 Å². The smallest absolute Gasteiger partial charge is 0.149 e. The topological polar surface area (TPSA) is 63.8 Å². The number of nitrogens with zero attached hydrogens (tertiary/aromatic N) is 2. The zero-order valence-corrected chi connectivity index (χ0v) is 9.63. The van der Waals surface area contributed by atoms with Crippen LogP contribution in [0.2, 0.25) is 0 Å². The van der Waals surface area contributed by atoms with Gasteiger partial charge in [-0.05, 0) is 37.7 Å². The van der Waals surface area contributed by atoms with Crippen molar-refractivity contribution in [3.05, 3.63) is 12.1 Å². The molecule has 1 aliphatic rings. The minimum atomic E-state index is 0.467. The van der Waals surface area contributed by atoms with Crippen molar-refractivity contribution >= 4 is 23.4 Å². The maximum Gasteiger partial charge on any atom is 0.149 e. The minimum Gasteiger partial charge on any atom is -0.382 e. The Morgan fingerprint density at radius 2 is 2.27 bits per heavy atom. The summed E-state index contributed by atoms with van der Waals surface area (Å²) in [5.41, 5.74) is 5.47. The van der Waals surface area contributed by atoms with Gasteiger partial charge in [0.1, 0.15) is 11.6 Å². The first kappa shape index (κ1) is 10.5. The Bertz CT molecular complexity index is 314. The van der Waals surface area contributed by atoms with Crippen LogP contribution in [-0.2, 0) is 0 Å². The molecule has 1 aromatic rings. The molecule has 2 unspecified atom stereocenters. The molecule has 3 N–H and O–H groups in total. The van der Waals surface area contributed by atoms with Crippen LogP contribution in [-0.4, -0.2) is 27.7 Å². The molecule has 2 rings (SSSR count). The molecule has 82 valence electrons. The summed E-state index contributed by atoms with van der Waals surface area (Å²) in [5, 5.41) is 12.0. The van der Waals surface area contributed by atoms with E-state index in [1.807, 2.05) is 17.8 Å². The van der Waals surface area contributed by atoms with Crippen molar-refractivity contribution < 1.29 is 0 Å². The lowest BCUT2D eigenvalue weighted by molar-refractivity contribution is 0.748.